The highest BCUT2D eigenvalue weighted by atomic mass is 19.1. The lowest BCUT2D eigenvalue weighted by atomic mass is 9.97. The van der Waals surface area contributed by atoms with Crippen molar-refractivity contribution in [2.75, 3.05) is 11.4 Å². The Bertz CT molecular complexity index is 1410. The van der Waals surface area contributed by atoms with E-state index >= 15 is 0 Å². The number of fused-ring (bicyclic) bond motifs is 1. The molecule has 5 rings (SSSR count). The van der Waals surface area contributed by atoms with Gasteiger partial charge < -0.3 is 10.0 Å². The van der Waals surface area contributed by atoms with Crippen LogP contribution in [0.5, 0.6) is 0 Å². The van der Waals surface area contributed by atoms with Crippen molar-refractivity contribution in [1.29, 1.82) is 0 Å². The van der Waals surface area contributed by atoms with E-state index in [0.29, 0.717) is 42.7 Å². The van der Waals surface area contributed by atoms with Gasteiger partial charge in [0.25, 0.3) is 0 Å². The van der Waals surface area contributed by atoms with Crippen molar-refractivity contribution >= 4 is 17.6 Å². The Balaban J connectivity index is 1.48. The van der Waals surface area contributed by atoms with Crippen LogP contribution < -0.4 is 10.2 Å². The van der Waals surface area contributed by atoms with Crippen molar-refractivity contribution in [3.8, 4) is 11.1 Å². The van der Waals surface area contributed by atoms with Gasteiger partial charge in [0.05, 0.1) is 17.3 Å². The van der Waals surface area contributed by atoms with Gasteiger partial charge in [-0.1, -0.05) is 18.2 Å². The molecule has 37 heavy (non-hydrogen) atoms. The molecule has 2 N–H and O–H groups in total. The normalized spacial score (nSPS) is 13.3. The molecule has 1 aliphatic heterocycles. The van der Waals surface area contributed by atoms with Crippen molar-refractivity contribution in [2.45, 2.75) is 25.4 Å². The summed E-state index contributed by atoms with van der Waals surface area (Å²) in [6.45, 7) is 0.746. The molecule has 0 saturated heterocycles. The molecule has 1 unspecified atom stereocenters. The molecular weight excluding hydrogens is 471 g/mol. The van der Waals surface area contributed by atoms with Crippen molar-refractivity contribution in [2.24, 2.45) is 0 Å². The summed E-state index contributed by atoms with van der Waals surface area (Å²) in [5, 5.41) is 13.2. The van der Waals surface area contributed by atoms with E-state index in [1.54, 1.807) is 53.8 Å². The maximum atomic E-state index is 13.9. The quantitative estimate of drug-likeness (QED) is 0.378. The van der Waals surface area contributed by atoms with Crippen LogP contribution in [0.15, 0.2) is 85.3 Å². The summed E-state index contributed by atoms with van der Waals surface area (Å²) in [6, 6.07) is 18.2. The summed E-state index contributed by atoms with van der Waals surface area (Å²) in [7, 11) is 0. The lowest BCUT2D eigenvalue weighted by Crippen LogP contribution is -2.47. The molecular formula is C29H25FN4O3. The number of anilines is 1. The van der Waals surface area contributed by atoms with Gasteiger partial charge in [-0.15, -0.1) is 0 Å². The van der Waals surface area contributed by atoms with E-state index in [9.17, 15) is 19.1 Å². The van der Waals surface area contributed by atoms with E-state index < -0.39 is 12.0 Å². The number of hydrogen-bond acceptors (Lipinski definition) is 5. The van der Waals surface area contributed by atoms with Gasteiger partial charge in [0.2, 0.25) is 5.91 Å². The zero-order valence-electron chi connectivity index (χ0n) is 20.0. The van der Waals surface area contributed by atoms with Crippen LogP contribution in [-0.2, 0) is 24.2 Å². The second-order valence-corrected chi connectivity index (χ2v) is 8.89. The van der Waals surface area contributed by atoms with E-state index in [0.717, 1.165) is 16.8 Å². The second-order valence-electron chi connectivity index (χ2n) is 8.89. The highest BCUT2D eigenvalue weighted by Crippen LogP contribution is 2.36. The molecule has 0 fully saturated rings. The molecule has 0 radical (unpaired) electrons. The first-order valence-electron chi connectivity index (χ1n) is 12.0. The molecule has 2 aromatic heterocycles. The Morgan fingerprint density at radius 1 is 1.00 bits per heavy atom. The topological polar surface area (TPSA) is 95.4 Å². The van der Waals surface area contributed by atoms with Crippen molar-refractivity contribution in [1.82, 2.24) is 15.3 Å². The first kappa shape index (κ1) is 24.3. The Morgan fingerprint density at radius 3 is 2.49 bits per heavy atom. The van der Waals surface area contributed by atoms with Crippen molar-refractivity contribution in [3.05, 3.63) is 114 Å². The second kappa shape index (κ2) is 10.7. The van der Waals surface area contributed by atoms with E-state index in [1.807, 2.05) is 24.3 Å². The maximum Gasteiger partial charge on any atom is 0.336 e. The maximum absolute atomic E-state index is 13.9. The predicted octanol–water partition coefficient (Wildman–Crippen LogP) is 4.27. The fourth-order valence-corrected chi connectivity index (χ4v) is 4.66. The Labute approximate surface area is 213 Å². The van der Waals surface area contributed by atoms with E-state index in [-0.39, 0.29) is 17.3 Å². The number of carboxylic acid groups (broad SMARTS) is 1. The van der Waals surface area contributed by atoms with Crippen LogP contribution in [0.2, 0.25) is 0 Å². The van der Waals surface area contributed by atoms with Crippen molar-refractivity contribution < 1.29 is 19.1 Å². The summed E-state index contributed by atoms with van der Waals surface area (Å²) in [5.41, 5.74) is 4.55. The number of rotatable bonds is 8. The number of halogens is 1. The van der Waals surface area contributed by atoms with Gasteiger partial charge in [0.15, 0.2) is 0 Å². The molecule has 8 heteroatoms. The number of pyridine rings is 2. The molecule has 4 aromatic rings. The van der Waals surface area contributed by atoms with Gasteiger partial charge in [0, 0.05) is 37.4 Å². The SMILES string of the molecule is O=C(O)c1cc(-c2ccncc2)cc2c1CCN2C(=O)C(Cc1ccc(F)cc1)NCc1ccccn1. The predicted molar refractivity (Wildman–Crippen MR) is 138 cm³/mol. The third-order valence-electron chi connectivity index (χ3n) is 6.52. The van der Waals surface area contributed by atoms with E-state index in [4.69, 9.17) is 0 Å². The number of nitrogens with zero attached hydrogens (tertiary/aromatic N) is 3. The summed E-state index contributed by atoms with van der Waals surface area (Å²) in [4.78, 5) is 36.1. The summed E-state index contributed by atoms with van der Waals surface area (Å²) >= 11 is 0. The fraction of sp³-hybridized carbons (Fsp3) is 0.172. The zero-order chi connectivity index (χ0) is 25.8. The summed E-state index contributed by atoms with van der Waals surface area (Å²) < 4.78 is 13.5. The molecule has 1 amide bonds. The third kappa shape index (κ3) is 5.39. The lowest BCUT2D eigenvalue weighted by molar-refractivity contribution is -0.120. The minimum Gasteiger partial charge on any atom is -0.478 e. The Morgan fingerprint density at radius 2 is 1.78 bits per heavy atom. The van der Waals surface area contributed by atoms with E-state index in [1.165, 1.54) is 12.1 Å². The number of nitrogens with one attached hydrogen (secondary N) is 1. The molecule has 1 atom stereocenters. The molecule has 0 aliphatic carbocycles. The fourth-order valence-electron chi connectivity index (χ4n) is 4.66. The molecule has 2 aromatic carbocycles. The Kier molecular flexibility index (Phi) is 7.00. The van der Waals surface area contributed by atoms with Crippen LogP contribution in [0.25, 0.3) is 11.1 Å². The standard InChI is InChI=1S/C29H25FN4O3/c30-22-6-4-19(5-7-22)15-26(33-18-23-3-1-2-11-32-23)28(35)34-14-10-24-25(29(36)37)16-21(17-27(24)34)20-8-12-31-13-9-20/h1-9,11-13,16-17,26,33H,10,14-15,18H2,(H,36,37). The van der Waals surface area contributed by atoms with Crippen LogP contribution in [0.1, 0.15) is 27.2 Å². The molecule has 7 nitrogen and oxygen atoms in total. The first-order valence-corrected chi connectivity index (χ1v) is 12.0. The van der Waals surface area contributed by atoms with Gasteiger partial charge >= 0.3 is 5.97 Å². The van der Waals surface area contributed by atoms with E-state index in [2.05, 4.69) is 15.3 Å². The number of aromatic carboxylic acids is 1. The van der Waals surface area contributed by atoms with Crippen LogP contribution in [0.4, 0.5) is 10.1 Å². The number of hydrogen-bond donors (Lipinski definition) is 2. The number of amides is 1. The van der Waals surface area contributed by atoms with Gasteiger partial charge in [0.1, 0.15) is 5.82 Å². The summed E-state index contributed by atoms with van der Waals surface area (Å²) in [6.07, 6.45) is 5.77. The number of benzene rings is 2. The average molecular weight is 497 g/mol. The molecule has 186 valence electrons. The molecule has 0 saturated carbocycles. The van der Waals surface area contributed by atoms with Gasteiger partial charge in [-0.25, -0.2) is 9.18 Å². The van der Waals surface area contributed by atoms with Gasteiger partial charge in [-0.2, -0.15) is 0 Å². The number of carbonyl (C=O) groups is 2. The lowest BCUT2D eigenvalue weighted by Gasteiger charge is -2.26. The van der Waals surface area contributed by atoms with Crippen LogP contribution in [0.3, 0.4) is 0 Å². The highest BCUT2D eigenvalue weighted by Gasteiger charge is 2.33. The monoisotopic (exact) mass is 496 g/mol. The minimum absolute atomic E-state index is 0.178. The first-order chi connectivity index (χ1) is 18.0. The van der Waals surface area contributed by atoms with Gasteiger partial charge in [-0.3, -0.25) is 20.1 Å². The minimum atomic E-state index is -1.03. The number of aromatic nitrogens is 2. The van der Waals surface area contributed by atoms with Crippen LogP contribution in [-0.4, -0.2) is 39.5 Å². The van der Waals surface area contributed by atoms with Gasteiger partial charge in [-0.05, 0) is 83.6 Å². The molecule has 0 bridgehead atoms. The van der Waals surface area contributed by atoms with Crippen LogP contribution in [0, 0.1) is 5.82 Å². The summed E-state index contributed by atoms with van der Waals surface area (Å²) in [5.74, 6) is -1.55. The van der Waals surface area contributed by atoms with Crippen LogP contribution >= 0.6 is 0 Å². The molecule has 3 heterocycles. The molecule has 0 spiro atoms. The highest BCUT2D eigenvalue weighted by molar-refractivity contribution is 6.03. The zero-order valence-corrected chi connectivity index (χ0v) is 20.0. The Hall–Kier alpha value is -4.43. The molecule has 1 aliphatic rings. The number of carboxylic acids is 1. The largest absolute Gasteiger partial charge is 0.478 e. The van der Waals surface area contributed by atoms with Crippen molar-refractivity contribution in [3.63, 3.8) is 0 Å². The number of carbonyl (C=O) groups excluding carboxylic acids is 1. The third-order valence-corrected chi connectivity index (χ3v) is 6.52. The average Bonchev–Trinajstić information content (AvgIpc) is 3.36. The smallest absolute Gasteiger partial charge is 0.336 e.